The molecule has 1 aliphatic rings. The highest BCUT2D eigenvalue weighted by molar-refractivity contribution is 7.15. The number of benzene rings is 1. The van der Waals surface area contributed by atoms with Crippen LogP contribution in [0.25, 0.3) is 0 Å². The monoisotopic (exact) mass is 407 g/mol. The molecule has 6 nitrogen and oxygen atoms in total. The van der Waals surface area contributed by atoms with E-state index in [1.165, 1.54) is 4.88 Å². The largest absolute Gasteiger partial charge is 0.493 e. The third-order valence-corrected chi connectivity index (χ3v) is 5.02. The molecular weight excluding hydrogens is 385 g/mol. The van der Waals surface area contributed by atoms with Gasteiger partial charge in [0.25, 0.3) is 0 Å². The van der Waals surface area contributed by atoms with Crippen LogP contribution < -0.4 is 25.3 Å². The Balaban J connectivity index is 0.00000156. The molecule has 2 aromatic rings. The van der Waals surface area contributed by atoms with Crippen molar-refractivity contribution in [1.29, 1.82) is 0 Å². The molecule has 1 aromatic heterocycles. The molecule has 0 bridgehead atoms. The van der Waals surface area contributed by atoms with E-state index in [2.05, 4.69) is 10.3 Å². The number of nitrogens with zero attached hydrogens (tertiary/aromatic N) is 1. The molecule has 0 spiro atoms. The molecule has 3 rings (SSSR count). The lowest BCUT2D eigenvalue weighted by atomic mass is 9.99. The number of halogens is 2. The summed E-state index contributed by atoms with van der Waals surface area (Å²) in [6.45, 7) is 0.908. The van der Waals surface area contributed by atoms with Crippen LogP contribution in [0.1, 0.15) is 22.2 Å². The Bertz CT molecular complexity index is 687. The number of nitrogens with two attached hydrogens (primary N) is 1. The van der Waals surface area contributed by atoms with Crippen molar-refractivity contribution in [2.45, 2.75) is 18.9 Å². The van der Waals surface area contributed by atoms with Crippen LogP contribution in [0.2, 0.25) is 0 Å². The number of rotatable bonds is 5. The maximum Gasteiger partial charge on any atom is 0.203 e. The minimum Gasteiger partial charge on any atom is -0.493 e. The number of hydrogen-bond acceptors (Lipinski definition) is 7. The lowest BCUT2D eigenvalue weighted by Crippen LogP contribution is -2.30. The number of hydrogen-bond donors (Lipinski definition) is 2. The summed E-state index contributed by atoms with van der Waals surface area (Å²) in [5.41, 5.74) is 8.09. The lowest BCUT2D eigenvalue weighted by Gasteiger charge is -2.23. The zero-order valence-corrected chi connectivity index (χ0v) is 16.8. The molecule has 0 aliphatic carbocycles. The predicted octanol–water partition coefficient (Wildman–Crippen LogP) is 3.02. The fourth-order valence-corrected chi connectivity index (χ4v) is 3.90. The summed E-state index contributed by atoms with van der Waals surface area (Å²) in [6, 6.07) is 4.18. The Labute approximate surface area is 163 Å². The van der Waals surface area contributed by atoms with Crippen molar-refractivity contribution in [3.63, 3.8) is 0 Å². The van der Waals surface area contributed by atoms with Crippen LogP contribution in [0.3, 0.4) is 0 Å². The Kier molecular flexibility index (Phi) is 8.08. The van der Waals surface area contributed by atoms with Crippen molar-refractivity contribution >= 4 is 41.3 Å². The van der Waals surface area contributed by atoms with Gasteiger partial charge in [0, 0.05) is 23.9 Å². The van der Waals surface area contributed by atoms with Crippen LogP contribution in [-0.4, -0.2) is 32.9 Å². The van der Waals surface area contributed by atoms with E-state index in [9.17, 15) is 0 Å². The van der Waals surface area contributed by atoms with E-state index in [1.807, 2.05) is 12.1 Å². The summed E-state index contributed by atoms with van der Waals surface area (Å²) >= 11 is 1.56. The molecule has 25 heavy (non-hydrogen) atoms. The number of nitrogen functional groups attached to an aromatic ring is 1. The number of nitrogens with one attached hydrogen (secondary N) is 1. The molecule has 1 unspecified atom stereocenters. The summed E-state index contributed by atoms with van der Waals surface area (Å²) in [5.74, 6) is 1.95. The van der Waals surface area contributed by atoms with Crippen molar-refractivity contribution in [3.05, 3.63) is 28.3 Å². The molecule has 2 heterocycles. The first-order valence-electron chi connectivity index (χ1n) is 7.43. The van der Waals surface area contributed by atoms with Gasteiger partial charge in [-0.15, -0.1) is 36.2 Å². The standard InChI is InChI=1S/C16H21N3O3S.2ClH/c1-20-12-7-9(8-13(21-2)14(12)22-3)6-11-15-10(4-5-18-11)19-16(17)23-15;;/h7-8,11,18H,4-6H2,1-3H3,(H2,17,19);2*1H. The van der Waals surface area contributed by atoms with Crippen molar-refractivity contribution in [1.82, 2.24) is 10.3 Å². The fraction of sp³-hybridized carbons (Fsp3) is 0.438. The van der Waals surface area contributed by atoms with Gasteiger partial charge in [-0.05, 0) is 24.1 Å². The summed E-state index contributed by atoms with van der Waals surface area (Å²) < 4.78 is 16.2. The van der Waals surface area contributed by atoms with Gasteiger partial charge in [-0.25, -0.2) is 4.98 Å². The van der Waals surface area contributed by atoms with E-state index in [0.717, 1.165) is 30.6 Å². The minimum absolute atomic E-state index is 0. The second-order valence-corrected chi connectivity index (χ2v) is 6.42. The van der Waals surface area contributed by atoms with E-state index in [1.54, 1.807) is 32.7 Å². The number of thiazole rings is 1. The second-order valence-electron chi connectivity index (χ2n) is 5.36. The summed E-state index contributed by atoms with van der Waals surface area (Å²) in [7, 11) is 4.86. The Morgan fingerprint density at radius 3 is 2.36 bits per heavy atom. The highest BCUT2D eigenvalue weighted by atomic mass is 35.5. The van der Waals surface area contributed by atoms with Gasteiger partial charge < -0.3 is 25.3 Å². The fourth-order valence-electron chi connectivity index (χ4n) is 2.95. The Hall–Kier alpha value is -1.41. The highest BCUT2D eigenvalue weighted by Crippen LogP contribution is 2.40. The summed E-state index contributed by atoms with van der Waals surface area (Å²) in [5, 5.41) is 4.18. The van der Waals surface area contributed by atoms with Crippen LogP contribution >= 0.6 is 36.2 Å². The predicted molar refractivity (Wildman–Crippen MR) is 105 cm³/mol. The first-order valence-corrected chi connectivity index (χ1v) is 8.25. The Morgan fingerprint density at radius 2 is 1.80 bits per heavy atom. The molecule has 0 radical (unpaired) electrons. The normalized spacial score (nSPS) is 15.4. The lowest BCUT2D eigenvalue weighted by molar-refractivity contribution is 0.323. The smallest absolute Gasteiger partial charge is 0.203 e. The summed E-state index contributed by atoms with van der Waals surface area (Å²) in [4.78, 5) is 5.65. The van der Waals surface area contributed by atoms with Gasteiger partial charge in [0.2, 0.25) is 5.75 Å². The quantitative estimate of drug-likeness (QED) is 0.792. The Morgan fingerprint density at radius 1 is 1.16 bits per heavy atom. The van der Waals surface area contributed by atoms with E-state index in [-0.39, 0.29) is 30.9 Å². The van der Waals surface area contributed by atoms with Crippen molar-refractivity contribution in [2.24, 2.45) is 0 Å². The van der Waals surface area contributed by atoms with E-state index in [4.69, 9.17) is 19.9 Å². The maximum absolute atomic E-state index is 5.87. The molecule has 9 heteroatoms. The van der Waals surface area contributed by atoms with E-state index >= 15 is 0 Å². The molecule has 1 aliphatic heterocycles. The molecule has 0 fully saturated rings. The molecule has 3 N–H and O–H groups in total. The number of anilines is 1. The SMILES string of the molecule is COc1cc(CC2NCCc3nc(N)sc32)cc(OC)c1OC.Cl.Cl. The van der Waals surface area contributed by atoms with Crippen molar-refractivity contribution < 1.29 is 14.2 Å². The van der Waals surface area contributed by atoms with Crippen LogP contribution in [0.4, 0.5) is 5.13 Å². The maximum atomic E-state index is 5.87. The van der Waals surface area contributed by atoms with Crippen LogP contribution in [0.5, 0.6) is 17.2 Å². The third-order valence-electron chi connectivity index (χ3n) is 3.98. The van der Waals surface area contributed by atoms with Gasteiger partial charge in [0.1, 0.15) is 0 Å². The second kappa shape index (κ2) is 9.33. The highest BCUT2D eigenvalue weighted by Gasteiger charge is 2.25. The number of aromatic nitrogens is 1. The van der Waals surface area contributed by atoms with Gasteiger partial charge in [-0.2, -0.15) is 0 Å². The third kappa shape index (κ3) is 4.41. The number of methoxy groups -OCH3 is 3. The van der Waals surface area contributed by atoms with E-state index in [0.29, 0.717) is 22.4 Å². The van der Waals surface area contributed by atoms with Gasteiger partial charge in [0.05, 0.1) is 27.0 Å². The van der Waals surface area contributed by atoms with Crippen LogP contribution in [-0.2, 0) is 12.8 Å². The molecule has 0 amide bonds. The van der Waals surface area contributed by atoms with Crippen LogP contribution in [0, 0.1) is 0 Å². The topological polar surface area (TPSA) is 78.6 Å². The zero-order chi connectivity index (χ0) is 16.4. The van der Waals surface area contributed by atoms with Gasteiger partial charge >= 0.3 is 0 Å². The molecule has 0 saturated carbocycles. The molecule has 140 valence electrons. The number of fused-ring (bicyclic) bond motifs is 1. The first-order chi connectivity index (χ1) is 11.2. The van der Waals surface area contributed by atoms with Gasteiger partial charge in [-0.1, -0.05) is 0 Å². The van der Waals surface area contributed by atoms with Gasteiger partial charge in [-0.3, -0.25) is 0 Å². The van der Waals surface area contributed by atoms with Crippen molar-refractivity contribution in [3.8, 4) is 17.2 Å². The minimum atomic E-state index is 0. The number of ether oxygens (including phenoxy) is 3. The summed E-state index contributed by atoms with van der Waals surface area (Å²) in [6.07, 6.45) is 1.74. The zero-order valence-electron chi connectivity index (χ0n) is 14.3. The van der Waals surface area contributed by atoms with Crippen molar-refractivity contribution in [2.75, 3.05) is 33.6 Å². The average molecular weight is 408 g/mol. The molecular formula is C16H23Cl2N3O3S. The van der Waals surface area contributed by atoms with E-state index < -0.39 is 0 Å². The first kappa shape index (κ1) is 21.6. The molecule has 1 aromatic carbocycles. The molecule has 0 saturated heterocycles. The molecule has 1 atom stereocenters. The van der Waals surface area contributed by atoms with Gasteiger partial charge in [0.15, 0.2) is 16.6 Å². The van der Waals surface area contributed by atoms with Crippen LogP contribution in [0.15, 0.2) is 12.1 Å². The average Bonchev–Trinajstić information content (AvgIpc) is 2.95.